The summed E-state index contributed by atoms with van der Waals surface area (Å²) in [6.07, 6.45) is 3.05. The number of aromatic hydroxyl groups is 1. The monoisotopic (exact) mass is 382 g/mol. The number of benzene rings is 1. The fraction of sp³-hybridized carbons (Fsp3) is 0.421. The molecule has 0 aliphatic carbocycles. The van der Waals surface area contributed by atoms with Crippen molar-refractivity contribution < 1.29 is 5.11 Å². The van der Waals surface area contributed by atoms with Crippen molar-refractivity contribution in [2.45, 2.75) is 13.0 Å². The van der Waals surface area contributed by atoms with Gasteiger partial charge < -0.3 is 19.5 Å². The molecule has 1 N–H and O–H groups in total. The number of anilines is 2. The summed E-state index contributed by atoms with van der Waals surface area (Å²) in [5.41, 5.74) is 2.87. The molecule has 0 spiro atoms. The highest BCUT2D eigenvalue weighted by Gasteiger charge is 2.24. The number of imidazole rings is 1. The maximum Gasteiger partial charge on any atom is 0.229 e. The van der Waals surface area contributed by atoms with Gasteiger partial charge in [-0.15, -0.1) is 0 Å². The molecule has 0 amide bonds. The number of thioether (sulfide) groups is 1. The number of fused-ring (bicyclic) bond motifs is 1. The summed E-state index contributed by atoms with van der Waals surface area (Å²) in [5, 5.41) is 9.51. The molecule has 140 valence electrons. The van der Waals surface area contributed by atoms with Crippen molar-refractivity contribution in [1.82, 2.24) is 19.5 Å². The lowest BCUT2D eigenvalue weighted by atomic mass is 10.2. The van der Waals surface area contributed by atoms with E-state index >= 15 is 0 Å². The first-order chi connectivity index (χ1) is 13.3. The average Bonchev–Trinajstić information content (AvgIpc) is 3.05. The van der Waals surface area contributed by atoms with Crippen LogP contribution in [0.1, 0.15) is 12.0 Å². The molecule has 3 aromatic rings. The zero-order valence-corrected chi connectivity index (χ0v) is 15.9. The summed E-state index contributed by atoms with van der Waals surface area (Å²) in [7, 11) is 0. The third-order valence-corrected chi connectivity index (χ3v) is 6.11. The average molecular weight is 382 g/mol. The molecule has 2 fully saturated rings. The van der Waals surface area contributed by atoms with E-state index in [9.17, 15) is 5.11 Å². The standard InChI is InChI=1S/C19H22N6OS/c26-15-4-2-14(3-5-15)12-25-13-20-16-17(23-8-10-27-11-9-23)21-19(22-18(16)25)24-6-1-7-24/h2-5,13,26H,1,6-12H2. The van der Waals surface area contributed by atoms with Crippen LogP contribution >= 0.6 is 11.8 Å². The van der Waals surface area contributed by atoms with Crippen molar-refractivity contribution >= 4 is 34.7 Å². The molecule has 4 heterocycles. The number of hydrogen-bond donors (Lipinski definition) is 1. The van der Waals surface area contributed by atoms with Gasteiger partial charge >= 0.3 is 0 Å². The van der Waals surface area contributed by atoms with E-state index in [-0.39, 0.29) is 5.75 Å². The van der Waals surface area contributed by atoms with E-state index < -0.39 is 0 Å². The fourth-order valence-electron chi connectivity index (χ4n) is 3.49. The van der Waals surface area contributed by atoms with Crippen LogP contribution < -0.4 is 9.80 Å². The molecule has 8 heteroatoms. The van der Waals surface area contributed by atoms with E-state index in [1.54, 1.807) is 12.1 Å². The van der Waals surface area contributed by atoms with Crippen molar-refractivity contribution in [3.05, 3.63) is 36.2 Å². The van der Waals surface area contributed by atoms with Crippen molar-refractivity contribution in [2.24, 2.45) is 0 Å². The summed E-state index contributed by atoms with van der Waals surface area (Å²) < 4.78 is 2.08. The minimum Gasteiger partial charge on any atom is -0.508 e. The lowest BCUT2D eigenvalue weighted by Gasteiger charge is -2.33. The molecular formula is C19H22N6OS. The van der Waals surface area contributed by atoms with Crippen molar-refractivity contribution in [3.8, 4) is 5.75 Å². The molecular weight excluding hydrogens is 360 g/mol. The van der Waals surface area contributed by atoms with Crippen LogP contribution in [0.3, 0.4) is 0 Å². The lowest BCUT2D eigenvalue weighted by molar-refractivity contribution is 0.475. The highest BCUT2D eigenvalue weighted by atomic mass is 32.2. The number of rotatable bonds is 4. The summed E-state index contributed by atoms with van der Waals surface area (Å²) in [6, 6.07) is 7.29. The largest absolute Gasteiger partial charge is 0.508 e. The van der Waals surface area contributed by atoms with Crippen LogP contribution in [0.25, 0.3) is 11.2 Å². The predicted molar refractivity (Wildman–Crippen MR) is 109 cm³/mol. The summed E-state index contributed by atoms with van der Waals surface area (Å²) in [5.74, 6) is 4.31. The molecule has 0 unspecified atom stereocenters. The van der Waals surface area contributed by atoms with Gasteiger partial charge in [-0.05, 0) is 24.1 Å². The van der Waals surface area contributed by atoms with Gasteiger partial charge in [0.1, 0.15) is 5.75 Å². The van der Waals surface area contributed by atoms with Gasteiger partial charge in [-0.2, -0.15) is 21.7 Å². The van der Waals surface area contributed by atoms with Gasteiger partial charge in [-0.1, -0.05) is 12.1 Å². The Hall–Kier alpha value is -2.48. The summed E-state index contributed by atoms with van der Waals surface area (Å²) in [4.78, 5) is 19.0. The van der Waals surface area contributed by atoms with Crippen LogP contribution in [0.15, 0.2) is 30.6 Å². The van der Waals surface area contributed by atoms with Crippen molar-refractivity contribution in [1.29, 1.82) is 0 Å². The molecule has 1 aromatic carbocycles. The molecule has 2 aromatic heterocycles. The van der Waals surface area contributed by atoms with Crippen LogP contribution in [0.5, 0.6) is 5.75 Å². The van der Waals surface area contributed by atoms with E-state index in [2.05, 4.69) is 19.4 Å². The Kier molecular flexibility index (Phi) is 4.27. The molecule has 0 bridgehead atoms. The number of phenols is 1. The summed E-state index contributed by atoms with van der Waals surface area (Å²) in [6.45, 7) is 4.71. The number of aromatic nitrogens is 4. The Morgan fingerprint density at radius 2 is 1.74 bits per heavy atom. The molecule has 0 radical (unpaired) electrons. The maximum absolute atomic E-state index is 9.51. The molecule has 2 saturated heterocycles. The molecule has 0 atom stereocenters. The van der Waals surface area contributed by atoms with Gasteiger partial charge in [0, 0.05) is 37.7 Å². The zero-order valence-electron chi connectivity index (χ0n) is 15.1. The van der Waals surface area contributed by atoms with Gasteiger partial charge in [-0.25, -0.2) is 4.98 Å². The smallest absolute Gasteiger partial charge is 0.229 e. The molecule has 27 heavy (non-hydrogen) atoms. The van der Waals surface area contributed by atoms with E-state index in [0.29, 0.717) is 6.54 Å². The second kappa shape index (κ2) is 6.92. The van der Waals surface area contributed by atoms with Gasteiger partial charge in [0.25, 0.3) is 0 Å². The summed E-state index contributed by atoms with van der Waals surface area (Å²) >= 11 is 1.99. The second-order valence-electron chi connectivity index (χ2n) is 7.00. The quantitative estimate of drug-likeness (QED) is 0.743. The van der Waals surface area contributed by atoms with Gasteiger partial charge in [0.15, 0.2) is 17.0 Å². The predicted octanol–water partition coefficient (Wildman–Crippen LogP) is 2.34. The van der Waals surface area contributed by atoms with Crippen molar-refractivity contribution in [2.75, 3.05) is 47.5 Å². The highest BCUT2D eigenvalue weighted by molar-refractivity contribution is 7.99. The van der Waals surface area contributed by atoms with Crippen LogP contribution in [-0.2, 0) is 6.54 Å². The maximum atomic E-state index is 9.51. The Bertz CT molecular complexity index is 947. The minimum absolute atomic E-state index is 0.280. The second-order valence-corrected chi connectivity index (χ2v) is 8.22. The number of hydrogen-bond acceptors (Lipinski definition) is 7. The molecule has 2 aliphatic heterocycles. The first-order valence-corrected chi connectivity index (χ1v) is 10.5. The van der Waals surface area contributed by atoms with E-state index in [0.717, 1.165) is 66.2 Å². The van der Waals surface area contributed by atoms with E-state index in [1.807, 2.05) is 30.2 Å². The Balaban J connectivity index is 1.57. The molecule has 7 nitrogen and oxygen atoms in total. The van der Waals surface area contributed by atoms with E-state index in [4.69, 9.17) is 9.97 Å². The van der Waals surface area contributed by atoms with Crippen LogP contribution in [-0.4, -0.2) is 62.3 Å². The molecule has 5 rings (SSSR count). The van der Waals surface area contributed by atoms with Crippen LogP contribution in [0.4, 0.5) is 11.8 Å². The van der Waals surface area contributed by atoms with E-state index in [1.165, 1.54) is 6.42 Å². The molecule has 2 aliphatic rings. The SMILES string of the molecule is Oc1ccc(Cn2cnc3c(N4CCSCC4)nc(N4CCC4)nc32)cc1. The number of phenolic OH excluding ortho intramolecular Hbond substituents is 1. The normalized spacial score (nSPS) is 17.3. The fourth-order valence-corrected chi connectivity index (χ4v) is 4.39. The third-order valence-electron chi connectivity index (χ3n) is 5.17. The van der Waals surface area contributed by atoms with Gasteiger partial charge in [0.05, 0.1) is 12.9 Å². The van der Waals surface area contributed by atoms with Gasteiger partial charge in [-0.3, -0.25) is 0 Å². The molecule has 0 saturated carbocycles. The lowest BCUT2D eigenvalue weighted by Crippen LogP contribution is -2.39. The van der Waals surface area contributed by atoms with Crippen LogP contribution in [0.2, 0.25) is 0 Å². The van der Waals surface area contributed by atoms with Gasteiger partial charge in [0.2, 0.25) is 5.95 Å². The Morgan fingerprint density at radius 1 is 0.963 bits per heavy atom. The minimum atomic E-state index is 0.280. The van der Waals surface area contributed by atoms with Crippen LogP contribution in [0, 0.1) is 0 Å². The first kappa shape index (κ1) is 16.7. The Labute approximate surface area is 162 Å². The highest BCUT2D eigenvalue weighted by Crippen LogP contribution is 2.29. The van der Waals surface area contributed by atoms with Crippen molar-refractivity contribution in [3.63, 3.8) is 0 Å². The Morgan fingerprint density at radius 3 is 2.44 bits per heavy atom. The zero-order chi connectivity index (χ0) is 18.2. The first-order valence-electron chi connectivity index (χ1n) is 9.36. The number of nitrogens with zero attached hydrogens (tertiary/aromatic N) is 6. The topological polar surface area (TPSA) is 70.3 Å². The third kappa shape index (κ3) is 3.18.